The number of hydrogen-bond acceptors (Lipinski definition) is 2. The highest BCUT2D eigenvalue weighted by Gasteiger charge is 2.24. The van der Waals surface area contributed by atoms with Gasteiger partial charge in [0.2, 0.25) is 0 Å². The lowest BCUT2D eigenvalue weighted by molar-refractivity contribution is 1.28. The van der Waals surface area contributed by atoms with E-state index in [1.807, 2.05) is 0 Å². The predicted molar refractivity (Wildman–Crippen MR) is 296 cm³/mol. The summed E-state index contributed by atoms with van der Waals surface area (Å²) in [6.07, 6.45) is 8.78. The highest BCUT2D eigenvalue weighted by atomic mass is 15.1. The molecule has 0 spiro atoms. The summed E-state index contributed by atoms with van der Waals surface area (Å²) in [5.74, 6) is 0. The van der Waals surface area contributed by atoms with E-state index >= 15 is 0 Å². The van der Waals surface area contributed by atoms with Crippen LogP contribution in [0.1, 0.15) is 55.6 Å². The molecular formula is C66H54N2. The van der Waals surface area contributed by atoms with Crippen molar-refractivity contribution in [1.29, 1.82) is 0 Å². The van der Waals surface area contributed by atoms with Gasteiger partial charge in [-0.1, -0.05) is 180 Å². The minimum absolute atomic E-state index is 1.12. The number of aryl methyl sites for hydroxylation is 6. The predicted octanol–water partition coefficient (Wildman–Crippen LogP) is 18.9. The van der Waals surface area contributed by atoms with Gasteiger partial charge in [-0.25, -0.2) is 0 Å². The molecule has 11 aromatic rings. The first kappa shape index (κ1) is 42.4. The van der Waals surface area contributed by atoms with Crippen molar-refractivity contribution in [2.24, 2.45) is 0 Å². The van der Waals surface area contributed by atoms with Gasteiger partial charge >= 0.3 is 0 Å². The summed E-state index contributed by atoms with van der Waals surface area (Å²) in [6, 6.07) is 72.0. The van der Waals surface area contributed by atoms with E-state index in [0.717, 1.165) is 33.9 Å². The van der Waals surface area contributed by atoms with Crippen LogP contribution >= 0.6 is 0 Å². The Labute approximate surface area is 400 Å². The number of nitrogens with zero attached hydrogens (tertiary/aromatic N) is 2. The third kappa shape index (κ3) is 7.88. The summed E-state index contributed by atoms with van der Waals surface area (Å²) in [7, 11) is 0. The van der Waals surface area contributed by atoms with Gasteiger partial charge in [-0.05, 0) is 168 Å². The number of hydrogen-bond donors (Lipinski definition) is 0. The number of anilines is 6. The van der Waals surface area contributed by atoms with E-state index in [1.54, 1.807) is 0 Å². The summed E-state index contributed by atoms with van der Waals surface area (Å²) >= 11 is 0. The SMILES string of the molecule is Cc1ccc(C=Cc2ccc(N(c3ccc(C)cc3)c3ccc4c5ccc(C)c6c(N(c7ccc(C)cc7)c7ccc(C=Cc8ccc(C)cc8)cc7)ccc(c7ccc(C)c3c74)c65)cc2)cc1. The Hall–Kier alpha value is -8.20. The van der Waals surface area contributed by atoms with Crippen LogP contribution in [0.2, 0.25) is 0 Å². The largest absolute Gasteiger partial charge is 0.310 e. The Morgan fingerprint density at radius 2 is 0.471 bits per heavy atom. The molecule has 0 bridgehead atoms. The van der Waals surface area contributed by atoms with E-state index in [0.29, 0.717) is 0 Å². The fraction of sp³-hybridized carbons (Fsp3) is 0.0909. The smallest absolute Gasteiger partial charge is 0.0543 e. The van der Waals surface area contributed by atoms with Crippen molar-refractivity contribution in [3.05, 3.63) is 250 Å². The molecule has 0 unspecified atom stereocenters. The van der Waals surface area contributed by atoms with Crippen LogP contribution in [0.15, 0.2) is 194 Å². The molecule has 0 N–H and O–H groups in total. The molecule has 0 saturated carbocycles. The quantitative estimate of drug-likeness (QED) is 0.0767. The van der Waals surface area contributed by atoms with Crippen molar-refractivity contribution in [2.45, 2.75) is 41.5 Å². The number of benzene rings is 11. The van der Waals surface area contributed by atoms with Gasteiger partial charge in [0.1, 0.15) is 0 Å². The number of rotatable bonds is 10. The zero-order valence-electron chi connectivity index (χ0n) is 39.7. The lowest BCUT2D eigenvalue weighted by atomic mass is 9.86. The average molecular weight is 875 g/mol. The molecule has 0 aliphatic rings. The van der Waals surface area contributed by atoms with Crippen LogP contribution in [0.4, 0.5) is 34.1 Å². The van der Waals surface area contributed by atoms with E-state index in [1.165, 1.54) is 99.0 Å². The van der Waals surface area contributed by atoms with Gasteiger partial charge in [0.15, 0.2) is 0 Å². The van der Waals surface area contributed by atoms with Crippen molar-refractivity contribution in [3.63, 3.8) is 0 Å². The summed E-state index contributed by atoms with van der Waals surface area (Å²) in [6.45, 7) is 13.1. The molecule has 0 amide bonds. The van der Waals surface area contributed by atoms with Crippen molar-refractivity contribution >= 4 is 102 Å². The van der Waals surface area contributed by atoms with Crippen LogP contribution in [-0.2, 0) is 0 Å². The Kier molecular flexibility index (Phi) is 11.0. The molecule has 11 rings (SSSR count). The zero-order chi connectivity index (χ0) is 46.5. The van der Waals surface area contributed by atoms with Crippen LogP contribution in [-0.4, -0.2) is 0 Å². The summed E-state index contributed by atoms with van der Waals surface area (Å²) < 4.78 is 0. The molecule has 11 aromatic carbocycles. The zero-order valence-corrected chi connectivity index (χ0v) is 39.7. The van der Waals surface area contributed by atoms with E-state index in [4.69, 9.17) is 0 Å². The maximum absolute atomic E-state index is 2.44. The van der Waals surface area contributed by atoms with Gasteiger partial charge in [0.05, 0.1) is 11.4 Å². The molecule has 2 nitrogen and oxygen atoms in total. The second kappa shape index (κ2) is 17.5. The van der Waals surface area contributed by atoms with Gasteiger partial charge in [0, 0.05) is 33.5 Å². The van der Waals surface area contributed by atoms with E-state index in [2.05, 4.69) is 270 Å². The molecule has 0 aliphatic heterocycles. The lowest BCUT2D eigenvalue weighted by Crippen LogP contribution is -2.11. The Morgan fingerprint density at radius 1 is 0.235 bits per heavy atom. The first-order valence-electron chi connectivity index (χ1n) is 23.7. The molecule has 0 heterocycles. The second-order valence-corrected chi connectivity index (χ2v) is 18.6. The third-order valence-electron chi connectivity index (χ3n) is 13.7. The van der Waals surface area contributed by atoms with Crippen LogP contribution in [0, 0.1) is 41.5 Å². The molecule has 68 heavy (non-hydrogen) atoms. The van der Waals surface area contributed by atoms with Gasteiger partial charge in [-0.15, -0.1) is 0 Å². The molecule has 0 atom stereocenters. The minimum atomic E-state index is 1.12. The molecule has 0 aromatic heterocycles. The summed E-state index contributed by atoms with van der Waals surface area (Å²) in [5, 5.41) is 10.2. The normalized spacial score (nSPS) is 11.9. The Morgan fingerprint density at radius 3 is 0.765 bits per heavy atom. The van der Waals surface area contributed by atoms with Gasteiger partial charge in [-0.3, -0.25) is 0 Å². The monoisotopic (exact) mass is 874 g/mol. The van der Waals surface area contributed by atoms with Crippen LogP contribution in [0.5, 0.6) is 0 Å². The van der Waals surface area contributed by atoms with Gasteiger partial charge in [0.25, 0.3) is 0 Å². The highest BCUT2D eigenvalue weighted by Crippen LogP contribution is 2.50. The fourth-order valence-corrected chi connectivity index (χ4v) is 10.0. The Balaban J connectivity index is 1.06. The molecule has 0 aliphatic carbocycles. The summed E-state index contributed by atoms with van der Waals surface area (Å²) in [5.41, 5.74) is 19.1. The Bertz CT molecular complexity index is 3400. The number of fused-ring (bicyclic) bond motifs is 2. The standard InChI is InChI=1S/C66H54N2/c1-43-7-17-49(18-8-43)21-23-51-25-33-55(34-26-51)67(53-29-11-45(3)12-30-53)61-41-39-59-58-38-16-48(6)64-62(42-40-60(66(58)64)57-37-15-47(5)63(61)65(57)59)68(54-31-13-46(4)14-32-54)56-35-27-52(28-36-56)24-22-50-19-9-44(2)10-20-50/h7-42H,1-6H3. The molecule has 0 saturated heterocycles. The fourth-order valence-electron chi connectivity index (χ4n) is 10.0. The summed E-state index contributed by atoms with van der Waals surface area (Å²) in [4.78, 5) is 4.88. The van der Waals surface area contributed by atoms with Crippen LogP contribution in [0.3, 0.4) is 0 Å². The topological polar surface area (TPSA) is 6.48 Å². The van der Waals surface area contributed by atoms with E-state index in [9.17, 15) is 0 Å². The minimum Gasteiger partial charge on any atom is -0.310 e. The first-order valence-corrected chi connectivity index (χ1v) is 23.7. The molecular weight excluding hydrogens is 821 g/mol. The second-order valence-electron chi connectivity index (χ2n) is 18.6. The van der Waals surface area contributed by atoms with Gasteiger partial charge < -0.3 is 9.80 Å². The molecule has 2 heteroatoms. The highest BCUT2D eigenvalue weighted by molar-refractivity contribution is 6.36. The average Bonchev–Trinajstić information content (AvgIpc) is 3.36. The molecule has 328 valence electrons. The lowest BCUT2D eigenvalue weighted by Gasteiger charge is -2.30. The van der Waals surface area contributed by atoms with Crippen molar-refractivity contribution in [1.82, 2.24) is 0 Å². The molecule has 0 fully saturated rings. The van der Waals surface area contributed by atoms with Crippen molar-refractivity contribution in [2.75, 3.05) is 9.80 Å². The van der Waals surface area contributed by atoms with Crippen LogP contribution < -0.4 is 9.80 Å². The third-order valence-corrected chi connectivity index (χ3v) is 13.7. The maximum Gasteiger partial charge on any atom is 0.0543 e. The van der Waals surface area contributed by atoms with Gasteiger partial charge in [-0.2, -0.15) is 0 Å². The van der Waals surface area contributed by atoms with Crippen LogP contribution in [0.25, 0.3) is 67.4 Å². The van der Waals surface area contributed by atoms with Crippen molar-refractivity contribution in [3.8, 4) is 0 Å². The molecule has 0 radical (unpaired) electrons. The first-order chi connectivity index (χ1) is 33.2. The van der Waals surface area contributed by atoms with Crippen molar-refractivity contribution < 1.29 is 0 Å². The van der Waals surface area contributed by atoms with E-state index in [-0.39, 0.29) is 0 Å². The maximum atomic E-state index is 2.44. The van der Waals surface area contributed by atoms with E-state index < -0.39 is 0 Å².